The zero-order chi connectivity index (χ0) is 9.84. The van der Waals surface area contributed by atoms with Crippen LogP contribution in [0.2, 0.25) is 5.02 Å². The SMILES string of the molecule is C=C(Br)COc1cc(Br)ccc1Cl. The number of halogens is 3. The zero-order valence-corrected chi connectivity index (χ0v) is 10.6. The Labute approximate surface area is 99.0 Å². The van der Waals surface area contributed by atoms with Crippen LogP contribution in [0, 0.1) is 0 Å². The normalized spacial score (nSPS) is 9.77. The molecule has 0 N–H and O–H groups in total. The van der Waals surface area contributed by atoms with Crippen molar-refractivity contribution in [3.63, 3.8) is 0 Å². The molecule has 0 radical (unpaired) electrons. The van der Waals surface area contributed by atoms with Crippen molar-refractivity contribution in [3.8, 4) is 5.75 Å². The molecule has 0 heterocycles. The fraction of sp³-hybridized carbons (Fsp3) is 0.111. The second kappa shape index (κ2) is 5.03. The van der Waals surface area contributed by atoms with Crippen LogP contribution in [-0.2, 0) is 0 Å². The molecule has 0 amide bonds. The third-order valence-electron chi connectivity index (χ3n) is 1.28. The Morgan fingerprint density at radius 1 is 1.54 bits per heavy atom. The van der Waals surface area contributed by atoms with Crippen molar-refractivity contribution in [2.45, 2.75) is 0 Å². The highest BCUT2D eigenvalue weighted by Gasteiger charge is 2.01. The Kier molecular flexibility index (Phi) is 4.29. The van der Waals surface area contributed by atoms with Gasteiger partial charge in [-0.3, -0.25) is 0 Å². The van der Waals surface area contributed by atoms with Crippen molar-refractivity contribution in [3.05, 3.63) is 38.8 Å². The molecule has 1 nitrogen and oxygen atoms in total. The summed E-state index contributed by atoms with van der Waals surface area (Å²) in [6.45, 7) is 4.07. The van der Waals surface area contributed by atoms with Crippen molar-refractivity contribution in [1.82, 2.24) is 0 Å². The first-order chi connectivity index (χ1) is 6.09. The Bertz CT molecular complexity index is 325. The number of hydrogen-bond acceptors (Lipinski definition) is 1. The van der Waals surface area contributed by atoms with E-state index in [0.29, 0.717) is 17.4 Å². The molecule has 0 aromatic heterocycles. The molecule has 0 aliphatic rings. The predicted molar refractivity (Wildman–Crippen MR) is 62.7 cm³/mol. The van der Waals surface area contributed by atoms with Gasteiger partial charge >= 0.3 is 0 Å². The third-order valence-corrected chi connectivity index (χ3v) is 2.31. The van der Waals surface area contributed by atoms with Gasteiger partial charge in [0, 0.05) is 8.96 Å². The van der Waals surface area contributed by atoms with Gasteiger partial charge in [-0.2, -0.15) is 0 Å². The van der Waals surface area contributed by atoms with Crippen molar-refractivity contribution in [1.29, 1.82) is 0 Å². The topological polar surface area (TPSA) is 9.23 Å². The van der Waals surface area contributed by atoms with Gasteiger partial charge in [0.25, 0.3) is 0 Å². The van der Waals surface area contributed by atoms with Crippen molar-refractivity contribution < 1.29 is 4.74 Å². The summed E-state index contributed by atoms with van der Waals surface area (Å²) in [5, 5.41) is 0.594. The van der Waals surface area contributed by atoms with Crippen molar-refractivity contribution in [2.75, 3.05) is 6.61 Å². The van der Waals surface area contributed by atoms with Crippen molar-refractivity contribution >= 4 is 43.5 Å². The van der Waals surface area contributed by atoms with Gasteiger partial charge in [0.1, 0.15) is 12.4 Å². The van der Waals surface area contributed by atoms with E-state index in [-0.39, 0.29) is 0 Å². The summed E-state index contributed by atoms with van der Waals surface area (Å²) in [6.07, 6.45) is 0. The summed E-state index contributed by atoms with van der Waals surface area (Å²) in [4.78, 5) is 0. The second-order valence-electron chi connectivity index (χ2n) is 2.38. The van der Waals surface area contributed by atoms with Gasteiger partial charge in [-0.25, -0.2) is 0 Å². The van der Waals surface area contributed by atoms with Crippen LogP contribution in [0.25, 0.3) is 0 Å². The number of rotatable bonds is 3. The molecule has 1 aromatic rings. The maximum atomic E-state index is 5.89. The first-order valence-corrected chi connectivity index (χ1v) is 5.47. The molecule has 4 heteroatoms. The average Bonchev–Trinajstić information content (AvgIpc) is 2.06. The molecule has 0 saturated heterocycles. The van der Waals surface area contributed by atoms with Crippen LogP contribution in [-0.4, -0.2) is 6.61 Å². The molecular weight excluding hydrogens is 319 g/mol. The predicted octanol–water partition coefficient (Wildman–Crippen LogP) is 4.39. The van der Waals surface area contributed by atoms with E-state index in [1.165, 1.54) is 0 Å². The van der Waals surface area contributed by atoms with Crippen LogP contribution >= 0.6 is 43.5 Å². The summed E-state index contributed by atoms with van der Waals surface area (Å²) >= 11 is 12.4. The highest BCUT2D eigenvalue weighted by molar-refractivity contribution is 9.11. The number of benzene rings is 1. The van der Waals surface area contributed by atoms with Crippen LogP contribution < -0.4 is 4.74 Å². The largest absolute Gasteiger partial charge is 0.487 e. The first-order valence-electron chi connectivity index (χ1n) is 3.50. The second-order valence-corrected chi connectivity index (χ2v) is 4.83. The van der Waals surface area contributed by atoms with E-state index < -0.39 is 0 Å². The van der Waals surface area contributed by atoms with E-state index in [1.807, 2.05) is 12.1 Å². The molecular formula is C9H7Br2ClO. The smallest absolute Gasteiger partial charge is 0.139 e. The van der Waals surface area contributed by atoms with Crippen LogP contribution in [0.5, 0.6) is 5.75 Å². The fourth-order valence-corrected chi connectivity index (χ4v) is 1.37. The van der Waals surface area contributed by atoms with Crippen LogP contribution in [0.4, 0.5) is 0 Å². The fourth-order valence-electron chi connectivity index (χ4n) is 0.744. The van der Waals surface area contributed by atoms with E-state index in [2.05, 4.69) is 38.4 Å². The van der Waals surface area contributed by atoms with Gasteiger partial charge < -0.3 is 4.74 Å². The molecule has 0 aliphatic carbocycles. The van der Waals surface area contributed by atoms with E-state index in [1.54, 1.807) is 6.07 Å². The van der Waals surface area contributed by atoms with Gasteiger partial charge in [-0.1, -0.05) is 50.0 Å². The molecule has 0 unspecified atom stereocenters. The van der Waals surface area contributed by atoms with E-state index in [9.17, 15) is 0 Å². The Morgan fingerprint density at radius 2 is 2.23 bits per heavy atom. The third kappa shape index (κ3) is 3.71. The Hall–Kier alpha value is 0.01000. The summed E-state index contributed by atoms with van der Waals surface area (Å²) < 4.78 is 7.09. The van der Waals surface area contributed by atoms with Gasteiger partial charge in [-0.05, 0) is 18.2 Å². The highest BCUT2D eigenvalue weighted by Crippen LogP contribution is 2.28. The molecule has 13 heavy (non-hydrogen) atoms. The minimum Gasteiger partial charge on any atom is -0.487 e. The summed E-state index contributed by atoms with van der Waals surface area (Å²) in [7, 11) is 0. The Morgan fingerprint density at radius 3 is 2.85 bits per heavy atom. The van der Waals surface area contributed by atoms with Gasteiger partial charge in [0.2, 0.25) is 0 Å². The van der Waals surface area contributed by atoms with Gasteiger partial charge in [-0.15, -0.1) is 0 Å². The van der Waals surface area contributed by atoms with Gasteiger partial charge in [0.05, 0.1) is 5.02 Å². The van der Waals surface area contributed by atoms with Crippen LogP contribution in [0.15, 0.2) is 33.7 Å². The lowest BCUT2D eigenvalue weighted by atomic mass is 10.3. The molecule has 1 aromatic carbocycles. The highest BCUT2D eigenvalue weighted by atomic mass is 79.9. The molecule has 1 rings (SSSR count). The summed E-state index contributed by atoms with van der Waals surface area (Å²) in [5.41, 5.74) is 0. The standard InChI is InChI=1S/C9H7Br2ClO/c1-6(10)5-13-9-4-7(11)2-3-8(9)12/h2-4H,1,5H2. The molecule has 0 spiro atoms. The lowest BCUT2D eigenvalue weighted by Gasteiger charge is -2.06. The van der Waals surface area contributed by atoms with E-state index in [0.717, 1.165) is 8.96 Å². The lowest BCUT2D eigenvalue weighted by Crippen LogP contribution is -1.96. The Balaban J connectivity index is 2.75. The van der Waals surface area contributed by atoms with E-state index in [4.69, 9.17) is 16.3 Å². The summed E-state index contributed by atoms with van der Waals surface area (Å²) in [6, 6.07) is 5.45. The van der Waals surface area contributed by atoms with E-state index >= 15 is 0 Å². The minimum atomic E-state index is 0.413. The molecule has 0 bridgehead atoms. The molecule has 0 atom stereocenters. The monoisotopic (exact) mass is 324 g/mol. The molecule has 70 valence electrons. The van der Waals surface area contributed by atoms with Crippen LogP contribution in [0.1, 0.15) is 0 Å². The lowest BCUT2D eigenvalue weighted by molar-refractivity contribution is 0.361. The zero-order valence-electron chi connectivity index (χ0n) is 6.69. The maximum absolute atomic E-state index is 5.89. The number of hydrogen-bond donors (Lipinski definition) is 0. The van der Waals surface area contributed by atoms with Gasteiger partial charge in [0.15, 0.2) is 0 Å². The minimum absolute atomic E-state index is 0.413. The van der Waals surface area contributed by atoms with Crippen molar-refractivity contribution in [2.24, 2.45) is 0 Å². The molecule has 0 aliphatic heterocycles. The average molecular weight is 326 g/mol. The maximum Gasteiger partial charge on any atom is 0.139 e. The van der Waals surface area contributed by atoms with Crippen LogP contribution in [0.3, 0.4) is 0 Å². The molecule has 0 fully saturated rings. The summed E-state index contributed by atoms with van der Waals surface area (Å²) in [5.74, 6) is 0.650. The first kappa shape index (κ1) is 11.1. The number of ether oxygens (including phenoxy) is 1. The quantitative estimate of drug-likeness (QED) is 0.800. The molecule has 0 saturated carbocycles.